The highest BCUT2D eigenvalue weighted by molar-refractivity contribution is 5.95. The summed E-state index contributed by atoms with van der Waals surface area (Å²) in [6.45, 7) is 1.92. The predicted octanol–water partition coefficient (Wildman–Crippen LogP) is 7.13. The third kappa shape index (κ3) is 6.54. The van der Waals surface area contributed by atoms with Gasteiger partial charge in [-0.05, 0) is 37.8 Å². The molecule has 3 aromatic carbocycles. The average molecular weight is 730 g/mol. The van der Waals surface area contributed by atoms with E-state index in [4.69, 9.17) is 18.5 Å². The number of amides is 2. The topological polar surface area (TPSA) is 153 Å². The Morgan fingerprint density at radius 3 is 2.47 bits per heavy atom. The van der Waals surface area contributed by atoms with E-state index in [1.807, 2.05) is 37.3 Å². The Bertz CT molecular complexity index is 2120. The predicted molar refractivity (Wildman–Crippen MR) is 181 cm³/mol. The molecular formula is C38H34F3N5O7. The number of ether oxygens (including phenoxy) is 2. The van der Waals surface area contributed by atoms with Crippen LogP contribution in [-0.2, 0) is 15.7 Å². The van der Waals surface area contributed by atoms with Gasteiger partial charge in [0.25, 0.3) is 5.89 Å². The van der Waals surface area contributed by atoms with Crippen LogP contribution in [0.1, 0.15) is 61.5 Å². The summed E-state index contributed by atoms with van der Waals surface area (Å²) in [5, 5.41) is 22.4. The number of nitrogens with zero attached hydrogens (tertiary/aromatic N) is 4. The van der Waals surface area contributed by atoms with Crippen molar-refractivity contribution < 1.29 is 46.4 Å². The number of hydrogen-bond acceptors (Lipinski definition) is 11. The van der Waals surface area contributed by atoms with Crippen LogP contribution in [0.5, 0.6) is 5.75 Å². The highest BCUT2D eigenvalue weighted by Crippen LogP contribution is 2.44. The lowest BCUT2D eigenvalue weighted by Crippen LogP contribution is -2.50. The molecule has 4 heterocycles. The Hall–Kier alpha value is -5.54. The second-order valence-electron chi connectivity index (χ2n) is 13.5. The molecule has 0 spiro atoms. The number of aliphatic hydroxyl groups excluding tert-OH is 1. The lowest BCUT2D eigenvalue weighted by atomic mass is 9.83. The van der Waals surface area contributed by atoms with E-state index < -0.39 is 65.4 Å². The number of fused-ring (bicyclic) bond motifs is 1. The van der Waals surface area contributed by atoms with Crippen molar-refractivity contribution in [3.05, 3.63) is 95.6 Å². The first-order valence-electron chi connectivity index (χ1n) is 17.3. The minimum atomic E-state index is -4.82. The molecule has 0 radical (unpaired) electrons. The molecule has 12 nitrogen and oxygen atoms in total. The Morgan fingerprint density at radius 2 is 1.72 bits per heavy atom. The standard InChI is InChI=1S/C38H34F3N5O7/c1-20-32(22-11-6-3-7-12-22)51-37(49)46(20)36(48)24-13-8-14-25(17-24)42-27-19-50-28-18-23(15-16-26(28)31(27)47)34-43-35(53-45-34)33-29(38(39,40)41)30(44-52-33)21-9-4-2-5-10-21/h2-7,9-12,15-16,18,20,24-25,27,31-32,42,47H,8,13-14,17,19H2,1H3/t20-,24+,25-,27-,31+,32-/m1/s1. The average Bonchev–Trinajstić information content (AvgIpc) is 3.91. The summed E-state index contributed by atoms with van der Waals surface area (Å²) in [7, 11) is 0. The summed E-state index contributed by atoms with van der Waals surface area (Å²) in [5.41, 5.74) is 0.387. The van der Waals surface area contributed by atoms with E-state index in [9.17, 15) is 27.9 Å². The van der Waals surface area contributed by atoms with Crippen LogP contribution >= 0.6 is 0 Å². The van der Waals surface area contributed by atoms with Crippen molar-refractivity contribution in [1.82, 2.24) is 25.5 Å². The second-order valence-corrected chi connectivity index (χ2v) is 13.5. The number of aromatic nitrogens is 3. The van der Waals surface area contributed by atoms with Gasteiger partial charge in [-0.3, -0.25) is 4.79 Å². The van der Waals surface area contributed by atoms with Crippen molar-refractivity contribution in [2.24, 2.45) is 5.92 Å². The fourth-order valence-electron chi connectivity index (χ4n) is 7.50. The number of imide groups is 1. The number of alkyl halides is 3. The number of benzene rings is 3. The van der Waals surface area contributed by atoms with Crippen molar-refractivity contribution in [2.75, 3.05) is 6.61 Å². The highest BCUT2D eigenvalue weighted by atomic mass is 19.4. The second kappa shape index (κ2) is 13.8. The molecule has 2 N–H and O–H groups in total. The Kier molecular flexibility index (Phi) is 8.98. The molecule has 0 unspecified atom stereocenters. The SMILES string of the molecule is C[C@@H]1[C@H](c2ccccc2)OC(=O)N1C(=O)[C@H]1CCC[C@@H](N[C@@H]2COc3cc(-c4noc(-c5onc(-c6ccccc6)c5C(F)(F)F)n4)ccc3[C@@H]2O)C1. The van der Waals surface area contributed by atoms with Crippen molar-refractivity contribution in [1.29, 1.82) is 0 Å². The lowest BCUT2D eigenvalue weighted by Gasteiger charge is -2.37. The van der Waals surface area contributed by atoms with Crippen LogP contribution in [0.2, 0.25) is 0 Å². The van der Waals surface area contributed by atoms with E-state index >= 15 is 0 Å². The van der Waals surface area contributed by atoms with E-state index in [-0.39, 0.29) is 29.9 Å². The molecule has 3 aliphatic rings. The molecule has 1 saturated carbocycles. The molecule has 2 fully saturated rings. The third-order valence-corrected chi connectivity index (χ3v) is 10.1. The fourth-order valence-corrected chi connectivity index (χ4v) is 7.50. The first-order valence-corrected chi connectivity index (χ1v) is 17.3. The minimum Gasteiger partial charge on any atom is -0.491 e. The first-order chi connectivity index (χ1) is 25.6. The monoisotopic (exact) mass is 729 g/mol. The highest BCUT2D eigenvalue weighted by Gasteiger charge is 2.46. The Balaban J connectivity index is 0.937. The number of aliphatic hydroxyl groups is 1. The number of hydrogen-bond donors (Lipinski definition) is 2. The molecule has 1 aliphatic carbocycles. The van der Waals surface area contributed by atoms with E-state index in [2.05, 4.69) is 20.6 Å². The largest absolute Gasteiger partial charge is 0.491 e. The number of carbonyl (C=O) groups is 2. The molecule has 2 amide bonds. The zero-order valence-electron chi connectivity index (χ0n) is 28.3. The van der Waals surface area contributed by atoms with Crippen molar-refractivity contribution in [3.63, 3.8) is 0 Å². The smallest absolute Gasteiger partial charge is 0.422 e. The van der Waals surface area contributed by atoms with Crippen LogP contribution in [0.25, 0.3) is 34.3 Å². The van der Waals surface area contributed by atoms with E-state index in [1.54, 1.807) is 36.4 Å². The van der Waals surface area contributed by atoms with Crippen LogP contribution < -0.4 is 10.1 Å². The maximum Gasteiger partial charge on any atom is 0.422 e. The number of nitrogens with one attached hydrogen (secondary N) is 1. The fraction of sp³-hybridized carbons (Fsp3) is 0.342. The van der Waals surface area contributed by atoms with Crippen LogP contribution in [-0.4, -0.2) is 62.0 Å². The zero-order chi connectivity index (χ0) is 36.9. The molecule has 15 heteroatoms. The molecule has 8 rings (SSSR count). The maximum atomic E-state index is 14.2. The first kappa shape index (κ1) is 34.5. The van der Waals surface area contributed by atoms with Gasteiger partial charge < -0.3 is 28.9 Å². The van der Waals surface area contributed by atoms with Crippen molar-refractivity contribution in [3.8, 4) is 40.0 Å². The van der Waals surface area contributed by atoms with Gasteiger partial charge in [-0.1, -0.05) is 89.5 Å². The van der Waals surface area contributed by atoms with E-state index in [0.717, 1.165) is 18.4 Å². The number of carbonyl (C=O) groups excluding carboxylic acids is 2. The number of cyclic esters (lactones) is 1. The van der Waals surface area contributed by atoms with E-state index in [1.165, 1.54) is 17.0 Å². The lowest BCUT2D eigenvalue weighted by molar-refractivity contribution is -0.137. The maximum absolute atomic E-state index is 14.2. The summed E-state index contributed by atoms with van der Waals surface area (Å²) < 4.78 is 64.5. The molecule has 1 saturated heterocycles. The molecule has 0 bridgehead atoms. The quantitative estimate of drug-likeness (QED) is 0.176. The molecule has 274 valence electrons. The summed E-state index contributed by atoms with van der Waals surface area (Å²) in [4.78, 5) is 31.9. The van der Waals surface area contributed by atoms with E-state index in [0.29, 0.717) is 29.7 Å². The molecule has 5 aromatic rings. The third-order valence-electron chi connectivity index (χ3n) is 10.1. The summed E-state index contributed by atoms with van der Waals surface area (Å²) >= 11 is 0. The van der Waals surface area contributed by atoms with Crippen molar-refractivity contribution in [2.45, 2.75) is 69.1 Å². The van der Waals surface area contributed by atoms with Gasteiger partial charge in [-0.15, -0.1) is 0 Å². The van der Waals surface area contributed by atoms with Crippen LogP contribution in [0.3, 0.4) is 0 Å². The van der Waals surface area contributed by atoms with Gasteiger partial charge in [0.15, 0.2) is 0 Å². The van der Waals surface area contributed by atoms with Gasteiger partial charge >= 0.3 is 12.3 Å². The Morgan fingerprint density at radius 1 is 0.962 bits per heavy atom. The zero-order valence-corrected chi connectivity index (χ0v) is 28.3. The van der Waals surface area contributed by atoms with Crippen molar-refractivity contribution >= 4 is 12.0 Å². The molecule has 2 aliphatic heterocycles. The molecule has 53 heavy (non-hydrogen) atoms. The van der Waals surface area contributed by atoms with Crippen LogP contribution in [0.15, 0.2) is 87.9 Å². The molecule has 2 aromatic heterocycles. The summed E-state index contributed by atoms with van der Waals surface area (Å²) in [5.74, 6) is -1.52. The van der Waals surface area contributed by atoms with Gasteiger partial charge in [-0.25, -0.2) is 9.69 Å². The number of rotatable bonds is 7. The minimum absolute atomic E-state index is 0.0175. The summed E-state index contributed by atoms with van der Waals surface area (Å²) in [6.07, 6.45) is -4.31. The molecular weight excluding hydrogens is 695 g/mol. The summed E-state index contributed by atoms with van der Waals surface area (Å²) in [6, 6.07) is 21.0. The number of halogens is 3. The van der Waals surface area contributed by atoms with Gasteiger partial charge in [-0.2, -0.15) is 18.2 Å². The molecule has 6 atom stereocenters. The van der Waals surface area contributed by atoms with Crippen LogP contribution in [0.4, 0.5) is 18.0 Å². The van der Waals surface area contributed by atoms with Gasteiger partial charge in [0, 0.05) is 28.7 Å². The van der Waals surface area contributed by atoms with Gasteiger partial charge in [0.2, 0.25) is 17.5 Å². The van der Waals surface area contributed by atoms with Gasteiger partial charge in [0.1, 0.15) is 35.8 Å². The van der Waals surface area contributed by atoms with Crippen LogP contribution in [0, 0.1) is 5.92 Å². The van der Waals surface area contributed by atoms with Gasteiger partial charge in [0.05, 0.1) is 12.1 Å². The Labute approximate surface area is 300 Å². The normalized spacial score (nSPS) is 24.4.